The third-order valence-corrected chi connectivity index (χ3v) is 4.25. The van der Waals surface area contributed by atoms with E-state index in [9.17, 15) is 5.11 Å². The molecule has 2 aromatic heterocycles. The number of imidazole rings is 1. The van der Waals surface area contributed by atoms with Crippen LogP contribution in [0.1, 0.15) is 12.0 Å². The molecule has 0 saturated heterocycles. The average molecular weight is 309 g/mol. The van der Waals surface area contributed by atoms with Crippen molar-refractivity contribution in [3.05, 3.63) is 61.2 Å². The molecule has 3 rings (SSSR count). The van der Waals surface area contributed by atoms with Gasteiger partial charge in [0.1, 0.15) is 11.8 Å². The van der Waals surface area contributed by atoms with Gasteiger partial charge in [0.05, 0.1) is 12.9 Å². The summed E-state index contributed by atoms with van der Waals surface area (Å²) in [5.41, 5.74) is 7.64. The molecule has 0 aliphatic rings. The lowest BCUT2D eigenvalue weighted by atomic mass is 9.78. The van der Waals surface area contributed by atoms with E-state index in [4.69, 9.17) is 5.73 Å². The Labute approximate surface area is 134 Å². The normalized spacial score (nSPS) is 13.8. The van der Waals surface area contributed by atoms with Gasteiger partial charge in [-0.3, -0.25) is 0 Å². The van der Waals surface area contributed by atoms with Crippen molar-refractivity contribution in [3.63, 3.8) is 0 Å². The molecule has 0 unspecified atom stereocenters. The quantitative estimate of drug-likeness (QED) is 0.679. The summed E-state index contributed by atoms with van der Waals surface area (Å²) >= 11 is 0. The minimum atomic E-state index is -0.504. The van der Waals surface area contributed by atoms with E-state index >= 15 is 0 Å². The first-order valence-corrected chi connectivity index (χ1v) is 7.41. The van der Waals surface area contributed by atoms with Crippen molar-refractivity contribution in [2.75, 3.05) is 12.3 Å². The third kappa shape index (κ3) is 2.68. The second-order valence-corrected chi connectivity index (χ2v) is 5.50. The molecule has 6 heteroatoms. The smallest absolute Gasteiger partial charge is 0.165 e. The predicted molar refractivity (Wildman–Crippen MR) is 89.8 cm³/mol. The van der Waals surface area contributed by atoms with Crippen LogP contribution in [-0.4, -0.2) is 31.2 Å². The summed E-state index contributed by atoms with van der Waals surface area (Å²) < 4.78 is 1.92. The summed E-state index contributed by atoms with van der Waals surface area (Å²) in [5, 5.41) is 9.97. The van der Waals surface area contributed by atoms with Crippen LogP contribution in [0.3, 0.4) is 0 Å². The molecule has 0 amide bonds. The van der Waals surface area contributed by atoms with Gasteiger partial charge in [-0.05, 0) is 12.0 Å². The fourth-order valence-corrected chi connectivity index (χ4v) is 2.75. The average Bonchev–Trinajstić information content (AvgIpc) is 3.02. The number of rotatable bonds is 6. The zero-order valence-electron chi connectivity index (χ0n) is 12.8. The van der Waals surface area contributed by atoms with Crippen LogP contribution in [0.4, 0.5) is 5.82 Å². The molecule has 0 radical (unpaired) electrons. The Bertz CT molecular complexity index is 814. The van der Waals surface area contributed by atoms with Crippen molar-refractivity contribution >= 4 is 17.0 Å². The van der Waals surface area contributed by atoms with Crippen LogP contribution in [0.5, 0.6) is 0 Å². The first kappa shape index (κ1) is 15.2. The number of aliphatic hydroxyl groups is 1. The highest BCUT2D eigenvalue weighted by Gasteiger charge is 2.28. The number of nitrogens with zero attached hydrogens (tertiary/aromatic N) is 4. The van der Waals surface area contributed by atoms with Crippen molar-refractivity contribution in [2.24, 2.45) is 0 Å². The summed E-state index contributed by atoms with van der Waals surface area (Å²) in [4.78, 5) is 12.5. The summed E-state index contributed by atoms with van der Waals surface area (Å²) in [6.45, 7) is 4.55. The zero-order chi connectivity index (χ0) is 16.3. The monoisotopic (exact) mass is 309 g/mol. The molecule has 0 bridgehead atoms. The van der Waals surface area contributed by atoms with Crippen LogP contribution >= 0.6 is 0 Å². The molecule has 2 heterocycles. The molecule has 0 spiro atoms. The molecule has 1 aromatic carbocycles. The van der Waals surface area contributed by atoms with Gasteiger partial charge in [0.15, 0.2) is 11.5 Å². The number of hydrogen-bond acceptors (Lipinski definition) is 5. The maximum absolute atomic E-state index is 9.97. The van der Waals surface area contributed by atoms with Crippen molar-refractivity contribution in [1.29, 1.82) is 0 Å². The fourth-order valence-electron chi connectivity index (χ4n) is 2.75. The van der Waals surface area contributed by atoms with E-state index in [1.807, 2.05) is 41.0 Å². The van der Waals surface area contributed by atoms with E-state index in [0.717, 1.165) is 5.56 Å². The Morgan fingerprint density at radius 2 is 2.00 bits per heavy atom. The van der Waals surface area contributed by atoms with Crippen LogP contribution in [0.25, 0.3) is 11.2 Å². The Balaban J connectivity index is 1.90. The highest BCUT2D eigenvalue weighted by atomic mass is 16.3. The lowest BCUT2D eigenvalue weighted by Crippen LogP contribution is -2.29. The lowest BCUT2D eigenvalue weighted by Gasteiger charge is -2.29. The maximum atomic E-state index is 9.97. The van der Waals surface area contributed by atoms with Crippen LogP contribution in [-0.2, 0) is 12.0 Å². The van der Waals surface area contributed by atoms with Gasteiger partial charge in [0, 0.05) is 12.0 Å². The van der Waals surface area contributed by atoms with E-state index < -0.39 is 5.41 Å². The molecule has 0 aliphatic heterocycles. The summed E-state index contributed by atoms with van der Waals surface area (Å²) in [7, 11) is 0. The largest absolute Gasteiger partial charge is 0.395 e. The minimum Gasteiger partial charge on any atom is -0.395 e. The Morgan fingerprint density at radius 3 is 2.70 bits per heavy atom. The predicted octanol–water partition coefficient (Wildman–Crippen LogP) is 1.91. The molecule has 0 fully saturated rings. The van der Waals surface area contributed by atoms with Crippen LogP contribution in [0.15, 0.2) is 55.6 Å². The molecule has 0 aliphatic carbocycles. The van der Waals surface area contributed by atoms with Crippen molar-refractivity contribution < 1.29 is 5.11 Å². The topological polar surface area (TPSA) is 89.8 Å². The van der Waals surface area contributed by atoms with E-state index in [2.05, 4.69) is 21.5 Å². The first-order valence-electron chi connectivity index (χ1n) is 7.41. The second kappa shape index (κ2) is 6.18. The van der Waals surface area contributed by atoms with Crippen molar-refractivity contribution in [1.82, 2.24) is 19.5 Å². The molecule has 6 nitrogen and oxygen atoms in total. The summed E-state index contributed by atoms with van der Waals surface area (Å²) in [6, 6.07) is 9.89. The summed E-state index contributed by atoms with van der Waals surface area (Å²) in [5.74, 6) is 0.369. The molecule has 3 N–H and O–H groups in total. The van der Waals surface area contributed by atoms with E-state index in [1.54, 1.807) is 6.33 Å². The highest BCUT2D eigenvalue weighted by Crippen LogP contribution is 2.30. The van der Waals surface area contributed by atoms with Crippen molar-refractivity contribution in [3.8, 4) is 0 Å². The lowest BCUT2D eigenvalue weighted by molar-refractivity contribution is 0.212. The highest BCUT2D eigenvalue weighted by molar-refractivity contribution is 5.81. The fraction of sp³-hybridized carbons (Fsp3) is 0.235. The number of anilines is 1. The molecular formula is C17H19N5O. The van der Waals surface area contributed by atoms with Gasteiger partial charge in [0.2, 0.25) is 0 Å². The number of aryl methyl sites for hydroxylation is 1. The standard InChI is InChI=1S/C17H19N5O/c1-2-17(10-23,13-6-4-3-5-7-13)8-9-22-12-21-14-15(18)19-11-20-16(14)22/h2-7,11-12,23H,1,8-10H2,(H2,18,19,20)/t17-/m0/s1. The summed E-state index contributed by atoms with van der Waals surface area (Å²) in [6.07, 6.45) is 5.61. The van der Waals surface area contributed by atoms with Crippen LogP contribution in [0.2, 0.25) is 0 Å². The number of fused-ring (bicyclic) bond motifs is 1. The van der Waals surface area contributed by atoms with E-state index in [1.165, 1.54) is 6.33 Å². The SMILES string of the molecule is C=C[C@@](CO)(CCn1cnc2c(N)ncnc21)c1ccccc1. The number of aliphatic hydroxyl groups excluding tert-OH is 1. The van der Waals surface area contributed by atoms with Gasteiger partial charge >= 0.3 is 0 Å². The molecule has 23 heavy (non-hydrogen) atoms. The molecule has 118 valence electrons. The van der Waals surface area contributed by atoms with Crippen LogP contribution < -0.4 is 5.73 Å². The number of hydrogen-bond donors (Lipinski definition) is 2. The molecule has 0 saturated carbocycles. The van der Waals surface area contributed by atoms with E-state index in [0.29, 0.717) is 29.9 Å². The molecular weight excluding hydrogens is 290 g/mol. The maximum Gasteiger partial charge on any atom is 0.165 e. The van der Waals surface area contributed by atoms with Crippen molar-refractivity contribution in [2.45, 2.75) is 18.4 Å². The second-order valence-electron chi connectivity index (χ2n) is 5.50. The molecule has 1 atom stereocenters. The van der Waals surface area contributed by atoms with Gasteiger partial charge < -0.3 is 15.4 Å². The van der Waals surface area contributed by atoms with Gasteiger partial charge in [-0.1, -0.05) is 36.4 Å². The number of nitrogen functional groups attached to an aromatic ring is 1. The third-order valence-electron chi connectivity index (χ3n) is 4.25. The van der Waals surface area contributed by atoms with Gasteiger partial charge in [-0.25, -0.2) is 15.0 Å². The van der Waals surface area contributed by atoms with E-state index in [-0.39, 0.29) is 6.61 Å². The molecule has 3 aromatic rings. The van der Waals surface area contributed by atoms with Gasteiger partial charge in [-0.15, -0.1) is 6.58 Å². The zero-order valence-corrected chi connectivity index (χ0v) is 12.8. The Hall–Kier alpha value is -2.73. The Kier molecular flexibility index (Phi) is 4.08. The van der Waals surface area contributed by atoms with Gasteiger partial charge in [-0.2, -0.15) is 0 Å². The van der Waals surface area contributed by atoms with Gasteiger partial charge in [0.25, 0.3) is 0 Å². The van der Waals surface area contributed by atoms with Crippen LogP contribution in [0, 0.1) is 0 Å². The minimum absolute atomic E-state index is 0.00966. The Morgan fingerprint density at radius 1 is 1.22 bits per heavy atom. The first-order chi connectivity index (χ1) is 11.2. The number of benzene rings is 1. The number of nitrogens with two attached hydrogens (primary N) is 1. The number of aromatic nitrogens is 4.